The number of methoxy groups -OCH3 is 2. The molecular weight excluding hydrogens is 392 g/mol. The zero-order valence-electron chi connectivity index (χ0n) is 17.1. The molecule has 0 bridgehead atoms. The molecule has 5 heteroatoms. The van der Waals surface area contributed by atoms with Crippen LogP contribution in [0.15, 0.2) is 83.3 Å². The molecule has 0 saturated carbocycles. The number of carbonyl (C=O) groups is 1. The van der Waals surface area contributed by atoms with E-state index < -0.39 is 6.29 Å². The third kappa shape index (κ3) is 3.20. The Bertz CT molecular complexity index is 1240. The van der Waals surface area contributed by atoms with Crippen LogP contribution in [0.2, 0.25) is 0 Å². The third-order valence-electron chi connectivity index (χ3n) is 5.39. The van der Waals surface area contributed by atoms with Crippen molar-refractivity contribution in [2.45, 2.75) is 6.29 Å². The number of esters is 1. The summed E-state index contributed by atoms with van der Waals surface area (Å²) in [6.07, 6.45) is -0.624. The van der Waals surface area contributed by atoms with Crippen molar-refractivity contribution in [2.75, 3.05) is 14.2 Å². The lowest BCUT2D eigenvalue weighted by Gasteiger charge is -2.25. The van der Waals surface area contributed by atoms with E-state index in [1.807, 2.05) is 66.7 Å². The maximum absolute atomic E-state index is 11.9. The summed E-state index contributed by atoms with van der Waals surface area (Å²) in [7, 11) is 2.98. The molecule has 1 aromatic heterocycles. The lowest BCUT2D eigenvalue weighted by atomic mass is 9.93. The maximum Gasteiger partial charge on any atom is 0.337 e. The SMILES string of the molecule is COC(=O)c1ccc(-c2c(-c3ccccc3)oc3c2C(OC)Oc2ccccc2-3)cc1. The standard InChI is InChI=1S/C26H20O5/c1-28-25(27)18-14-12-16(13-15-18)21-22-24(31-23(21)17-8-4-3-5-9-17)19-10-6-7-11-20(19)30-26(22)29-2/h3-15,26H,1-2H3. The molecule has 0 amide bonds. The minimum Gasteiger partial charge on any atom is -0.465 e. The molecule has 2 heterocycles. The summed E-state index contributed by atoms with van der Waals surface area (Å²) in [4.78, 5) is 11.9. The molecule has 31 heavy (non-hydrogen) atoms. The Hall–Kier alpha value is -3.83. The van der Waals surface area contributed by atoms with Crippen LogP contribution in [0.4, 0.5) is 0 Å². The van der Waals surface area contributed by atoms with Crippen molar-refractivity contribution < 1.29 is 23.4 Å². The molecule has 0 aliphatic carbocycles. The van der Waals surface area contributed by atoms with Gasteiger partial charge in [0, 0.05) is 18.2 Å². The average molecular weight is 412 g/mol. The molecule has 0 radical (unpaired) electrons. The summed E-state index contributed by atoms with van der Waals surface area (Å²) in [6.45, 7) is 0. The third-order valence-corrected chi connectivity index (χ3v) is 5.39. The Morgan fingerprint density at radius 2 is 1.52 bits per heavy atom. The van der Waals surface area contributed by atoms with Gasteiger partial charge < -0.3 is 18.6 Å². The van der Waals surface area contributed by atoms with E-state index in [0.29, 0.717) is 11.3 Å². The Kier molecular flexibility index (Phi) is 4.81. The molecular formula is C26H20O5. The highest BCUT2D eigenvalue weighted by Crippen LogP contribution is 2.51. The minimum atomic E-state index is -0.624. The zero-order valence-corrected chi connectivity index (χ0v) is 17.1. The van der Waals surface area contributed by atoms with Gasteiger partial charge in [-0.1, -0.05) is 54.6 Å². The van der Waals surface area contributed by atoms with Gasteiger partial charge in [-0.15, -0.1) is 0 Å². The normalized spacial score (nSPS) is 14.3. The van der Waals surface area contributed by atoms with Gasteiger partial charge in [0.25, 0.3) is 0 Å². The second-order valence-electron chi connectivity index (χ2n) is 7.17. The van der Waals surface area contributed by atoms with Crippen LogP contribution < -0.4 is 4.74 Å². The van der Waals surface area contributed by atoms with E-state index in [1.54, 1.807) is 19.2 Å². The highest BCUT2D eigenvalue weighted by atomic mass is 16.7. The molecule has 1 aliphatic heterocycles. The molecule has 0 spiro atoms. The fraction of sp³-hybridized carbons (Fsp3) is 0.115. The molecule has 5 rings (SSSR count). The summed E-state index contributed by atoms with van der Waals surface area (Å²) in [5.74, 6) is 1.78. The zero-order chi connectivity index (χ0) is 21.4. The van der Waals surface area contributed by atoms with E-state index in [-0.39, 0.29) is 5.97 Å². The summed E-state index contributed by atoms with van der Waals surface area (Å²) in [5, 5.41) is 0. The van der Waals surface area contributed by atoms with Crippen LogP contribution >= 0.6 is 0 Å². The first-order valence-electron chi connectivity index (χ1n) is 9.91. The van der Waals surface area contributed by atoms with E-state index >= 15 is 0 Å². The summed E-state index contributed by atoms with van der Waals surface area (Å²) >= 11 is 0. The maximum atomic E-state index is 11.9. The molecule has 0 saturated heterocycles. The van der Waals surface area contributed by atoms with Gasteiger partial charge in [-0.2, -0.15) is 0 Å². The van der Waals surface area contributed by atoms with E-state index in [4.69, 9.17) is 18.6 Å². The van der Waals surface area contributed by atoms with E-state index in [2.05, 4.69) is 0 Å². The van der Waals surface area contributed by atoms with Gasteiger partial charge in [0.1, 0.15) is 17.3 Å². The van der Waals surface area contributed by atoms with E-state index in [0.717, 1.165) is 39.3 Å². The van der Waals surface area contributed by atoms with Gasteiger partial charge in [0.05, 0.1) is 23.8 Å². The van der Waals surface area contributed by atoms with E-state index in [9.17, 15) is 4.79 Å². The van der Waals surface area contributed by atoms with Crippen molar-refractivity contribution in [1.29, 1.82) is 0 Å². The number of para-hydroxylation sites is 1. The quantitative estimate of drug-likeness (QED) is 0.379. The Morgan fingerprint density at radius 1 is 0.806 bits per heavy atom. The van der Waals surface area contributed by atoms with Crippen LogP contribution in [0.5, 0.6) is 5.75 Å². The number of fused-ring (bicyclic) bond motifs is 3. The number of benzene rings is 3. The summed E-state index contributed by atoms with van der Waals surface area (Å²) < 4.78 is 23.2. The predicted molar refractivity (Wildman–Crippen MR) is 117 cm³/mol. The van der Waals surface area contributed by atoms with Gasteiger partial charge in [-0.25, -0.2) is 4.79 Å². The lowest BCUT2D eigenvalue weighted by molar-refractivity contribution is -0.0579. The van der Waals surface area contributed by atoms with Crippen LogP contribution in [0.3, 0.4) is 0 Å². The summed E-state index contributed by atoms with van der Waals surface area (Å²) in [6, 6.07) is 24.9. The number of furan rings is 1. The Morgan fingerprint density at radius 3 is 2.23 bits per heavy atom. The molecule has 154 valence electrons. The topological polar surface area (TPSA) is 57.9 Å². The summed E-state index contributed by atoms with van der Waals surface area (Å²) in [5.41, 5.74) is 4.89. The molecule has 5 nitrogen and oxygen atoms in total. The molecule has 0 fully saturated rings. The molecule has 3 aromatic carbocycles. The van der Waals surface area contributed by atoms with Crippen molar-refractivity contribution in [2.24, 2.45) is 0 Å². The van der Waals surface area contributed by atoms with Gasteiger partial charge in [0.15, 0.2) is 0 Å². The highest BCUT2D eigenvalue weighted by molar-refractivity contribution is 5.92. The smallest absolute Gasteiger partial charge is 0.337 e. The number of hydrogen-bond donors (Lipinski definition) is 0. The van der Waals surface area contributed by atoms with Gasteiger partial charge >= 0.3 is 5.97 Å². The van der Waals surface area contributed by atoms with Crippen LogP contribution in [0.25, 0.3) is 33.8 Å². The largest absolute Gasteiger partial charge is 0.465 e. The fourth-order valence-corrected chi connectivity index (χ4v) is 3.94. The van der Waals surface area contributed by atoms with Crippen molar-refractivity contribution in [1.82, 2.24) is 0 Å². The van der Waals surface area contributed by atoms with Crippen molar-refractivity contribution in [3.63, 3.8) is 0 Å². The first-order valence-corrected chi connectivity index (χ1v) is 9.91. The van der Waals surface area contributed by atoms with Crippen LogP contribution in [-0.2, 0) is 9.47 Å². The predicted octanol–water partition coefficient (Wildman–Crippen LogP) is 6.10. The molecule has 1 atom stereocenters. The van der Waals surface area contributed by atoms with Crippen LogP contribution in [0.1, 0.15) is 22.2 Å². The van der Waals surface area contributed by atoms with Gasteiger partial charge in [-0.3, -0.25) is 0 Å². The second kappa shape index (κ2) is 7.78. The number of carbonyl (C=O) groups excluding carboxylic acids is 1. The van der Waals surface area contributed by atoms with E-state index in [1.165, 1.54) is 7.11 Å². The molecule has 4 aromatic rings. The first kappa shape index (κ1) is 19.2. The highest BCUT2D eigenvalue weighted by Gasteiger charge is 2.35. The lowest BCUT2D eigenvalue weighted by Crippen LogP contribution is -2.15. The molecule has 0 N–H and O–H groups in total. The second-order valence-corrected chi connectivity index (χ2v) is 7.17. The van der Waals surface area contributed by atoms with Gasteiger partial charge in [-0.05, 0) is 29.8 Å². The van der Waals surface area contributed by atoms with Crippen LogP contribution in [0, 0.1) is 0 Å². The Balaban J connectivity index is 1.77. The number of ether oxygens (including phenoxy) is 3. The average Bonchev–Trinajstić information content (AvgIpc) is 3.24. The van der Waals surface area contributed by atoms with Crippen LogP contribution in [-0.4, -0.2) is 20.2 Å². The van der Waals surface area contributed by atoms with Crippen molar-refractivity contribution in [3.05, 3.63) is 90.0 Å². The minimum absolute atomic E-state index is 0.379. The molecule has 1 aliphatic rings. The number of rotatable bonds is 4. The van der Waals surface area contributed by atoms with Gasteiger partial charge in [0.2, 0.25) is 6.29 Å². The number of hydrogen-bond acceptors (Lipinski definition) is 5. The Labute approximate surface area is 179 Å². The van der Waals surface area contributed by atoms with Crippen molar-refractivity contribution >= 4 is 5.97 Å². The fourth-order valence-electron chi connectivity index (χ4n) is 3.94. The monoisotopic (exact) mass is 412 g/mol. The first-order chi connectivity index (χ1) is 15.2. The van der Waals surface area contributed by atoms with Crippen molar-refractivity contribution in [3.8, 4) is 39.5 Å². The molecule has 1 unspecified atom stereocenters.